The zero-order chi connectivity index (χ0) is 12.9. The summed E-state index contributed by atoms with van der Waals surface area (Å²) in [6.45, 7) is 8.08. The highest BCUT2D eigenvalue weighted by atomic mass is 35.5. The third kappa shape index (κ3) is 4.84. The lowest BCUT2D eigenvalue weighted by molar-refractivity contribution is -0.119. The fraction of sp³-hybridized carbons (Fsp3) is 0.818. The number of nitrogens with zero attached hydrogens (tertiary/aromatic N) is 1. The van der Waals surface area contributed by atoms with Gasteiger partial charge in [0.25, 0.3) is 0 Å². The van der Waals surface area contributed by atoms with Crippen LogP contribution in [0.4, 0.5) is 4.79 Å². The van der Waals surface area contributed by atoms with Crippen molar-refractivity contribution in [3.8, 4) is 0 Å². The van der Waals surface area contributed by atoms with E-state index in [0.29, 0.717) is 0 Å². The van der Waals surface area contributed by atoms with E-state index in [1.54, 1.807) is 7.05 Å². The molecule has 0 heterocycles. The SMILES string of the molecule is CC(N(C)C(=O)NC(=O)CCCl)C(C)(C)C. The van der Waals surface area contributed by atoms with Gasteiger partial charge in [0.15, 0.2) is 0 Å². The second kappa shape index (κ2) is 6.09. The fourth-order valence-electron chi connectivity index (χ4n) is 1.11. The Kier molecular flexibility index (Phi) is 5.79. The van der Waals surface area contributed by atoms with Crippen molar-refractivity contribution < 1.29 is 9.59 Å². The number of halogens is 1. The Morgan fingerprint density at radius 1 is 1.38 bits per heavy atom. The summed E-state index contributed by atoms with van der Waals surface area (Å²) in [5, 5.41) is 2.30. The second-order valence-electron chi connectivity index (χ2n) is 4.95. The summed E-state index contributed by atoms with van der Waals surface area (Å²) in [6, 6.07) is -0.339. The first-order valence-electron chi connectivity index (χ1n) is 5.32. The van der Waals surface area contributed by atoms with Gasteiger partial charge in [-0.1, -0.05) is 20.8 Å². The van der Waals surface area contributed by atoms with Gasteiger partial charge in [-0.25, -0.2) is 4.79 Å². The number of hydrogen-bond donors (Lipinski definition) is 1. The molecule has 1 atom stereocenters. The average Bonchev–Trinajstić information content (AvgIpc) is 2.14. The summed E-state index contributed by atoms with van der Waals surface area (Å²) < 4.78 is 0. The van der Waals surface area contributed by atoms with Crippen molar-refractivity contribution in [2.24, 2.45) is 5.41 Å². The summed E-state index contributed by atoms with van der Waals surface area (Å²) >= 11 is 5.41. The topological polar surface area (TPSA) is 49.4 Å². The molecule has 0 aliphatic carbocycles. The summed E-state index contributed by atoms with van der Waals surface area (Å²) in [5.41, 5.74) is -0.0262. The van der Waals surface area contributed by atoms with Gasteiger partial charge < -0.3 is 4.90 Å². The van der Waals surface area contributed by atoms with Crippen molar-refractivity contribution >= 4 is 23.5 Å². The predicted molar refractivity (Wildman–Crippen MR) is 65.6 cm³/mol. The van der Waals surface area contributed by atoms with Crippen LogP contribution in [-0.4, -0.2) is 35.8 Å². The van der Waals surface area contributed by atoms with Gasteiger partial charge in [-0.15, -0.1) is 11.6 Å². The van der Waals surface area contributed by atoms with Crippen molar-refractivity contribution in [1.82, 2.24) is 10.2 Å². The van der Waals surface area contributed by atoms with E-state index >= 15 is 0 Å². The number of imide groups is 1. The molecule has 0 aliphatic rings. The second-order valence-corrected chi connectivity index (χ2v) is 5.32. The zero-order valence-corrected chi connectivity index (χ0v) is 11.4. The van der Waals surface area contributed by atoms with Gasteiger partial charge >= 0.3 is 6.03 Å². The van der Waals surface area contributed by atoms with Crippen molar-refractivity contribution in [3.63, 3.8) is 0 Å². The van der Waals surface area contributed by atoms with Crippen molar-refractivity contribution in [2.45, 2.75) is 40.2 Å². The monoisotopic (exact) mass is 248 g/mol. The summed E-state index contributed by atoms with van der Waals surface area (Å²) in [4.78, 5) is 24.4. The van der Waals surface area contributed by atoms with Crippen LogP contribution >= 0.6 is 11.6 Å². The molecule has 0 radical (unpaired) electrons. The van der Waals surface area contributed by atoms with E-state index in [0.717, 1.165) is 0 Å². The number of hydrogen-bond acceptors (Lipinski definition) is 2. The largest absolute Gasteiger partial charge is 0.324 e. The van der Waals surface area contributed by atoms with Gasteiger partial charge in [0.05, 0.1) is 0 Å². The van der Waals surface area contributed by atoms with Crippen molar-refractivity contribution in [1.29, 1.82) is 0 Å². The van der Waals surface area contributed by atoms with Crippen LogP contribution < -0.4 is 5.32 Å². The van der Waals surface area contributed by atoms with Gasteiger partial charge in [0, 0.05) is 25.4 Å². The molecule has 0 fully saturated rings. The normalized spacial score (nSPS) is 13.1. The number of urea groups is 1. The first kappa shape index (κ1) is 15.2. The number of nitrogens with one attached hydrogen (secondary N) is 1. The van der Waals surface area contributed by atoms with Gasteiger partial charge in [-0.2, -0.15) is 0 Å². The molecule has 1 unspecified atom stereocenters. The molecule has 0 saturated carbocycles. The molecule has 5 heteroatoms. The van der Waals surface area contributed by atoms with Crippen molar-refractivity contribution in [2.75, 3.05) is 12.9 Å². The Morgan fingerprint density at radius 3 is 2.25 bits per heavy atom. The Morgan fingerprint density at radius 2 is 1.88 bits per heavy atom. The fourth-order valence-corrected chi connectivity index (χ4v) is 1.28. The van der Waals surface area contributed by atoms with E-state index in [1.165, 1.54) is 4.90 Å². The highest BCUT2D eigenvalue weighted by Gasteiger charge is 2.27. The lowest BCUT2D eigenvalue weighted by atomic mass is 9.87. The van der Waals surface area contributed by atoms with Gasteiger partial charge in [-0.05, 0) is 12.3 Å². The Labute approximate surface area is 102 Å². The maximum absolute atomic E-state index is 11.7. The number of alkyl halides is 1. The van der Waals surface area contributed by atoms with E-state index in [1.807, 2.05) is 27.7 Å². The van der Waals surface area contributed by atoms with E-state index in [2.05, 4.69) is 5.32 Å². The van der Waals surface area contributed by atoms with E-state index in [4.69, 9.17) is 11.6 Å². The van der Waals surface area contributed by atoms with E-state index < -0.39 is 0 Å². The van der Waals surface area contributed by atoms with Gasteiger partial charge in [-0.3, -0.25) is 10.1 Å². The number of amides is 3. The van der Waals surface area contributed by atoms with E-state index in [-0.39, 0.29) is 35.7 Å². The Hall–Kier alpha value is -0.770. The maximum atomic E-state index is 11.7. The first-order valence-corrected chi connectivity index (χ1v) is 5.86. The lowest BCUT2D eigenvalue weighted by Crippen LogP contribution is -2.49. The van der Waals surface area contributed by atoms with Crippen LogP contribution in [0, 0.1) is 5.41 Å². The summed E-state index contributed by atoms with van der Waals surface area (Å²) in [5.74, 6) is -0.120. The number of rotatable bonds is 3. The average molecular weight is 249 g/mol. The van der Waals surface area contributed by atoms with Crippen LogP contribution in [0.3, 0.4) is 0 Å². The molecule has 0 aromatic rings. The minimum atomic E-state index is -0.377. The molecular formula is C11H21ClN2O2. The molecule has 3 amide bonds. The third-order valence-electron chi connectivity index (χ3n) is 2.72. The molecule has 0 rings (SSSR count). The molecule has 0 saturated heterocycles. The maximum Gasteiger partial charge on any atom is 0.324 e. The van der Waals surface area contributed by atoms with Crippen LogP contribution in [0.15, 0.2) is 0 Å². The zero-order valence-electron chi connectivity index (χ0n) is 10.6. The number of carbonyl (C=O) groups is 2. The quantitative estimate of drug-likeness (QED) is 0.779. The lowest BCUT2D eigenvalue weighted by Gasteiger charge is -2.35. The molecule has 0 aromatic heterocycles. The summed E-state index contributed by atoms with van der Waals surface area (Å²) in [7, 11) is 1.68. The van der Waals surface area contributed by atoms with Gasteiger partial charge in [0.1, 0.15) is 0 Å². The van der Waals surface area contributed by atoms with E-state index in [9.17, 15) is 9.59 Å². The minimum Gasteiger partial charge on any atom is -0.324 e. The molecule has 0 spiro atoms. The molecule has 4 nitrogen and oxygen atoms in total. The first-order chi connectivity index (χ1) is 7.20. The van der Waals surface area contributed by atoms with Crippen molar-refractivity contribution in [3.05, 3.63) is 0 Å². The van der Waals surface area contributed by atoms with Crippen LogP contribution in [0.1, 0.15) is 34.1 Å². The number of carbonyl (C=O) groups excluding carboxylic acids is 2. The predicted octanol–water partition coefficient (Wildman–Crippen LogP) is 2.22. The van der Waals surface area contributed by atoms with Gasteiger partial charge in [0.2, 0.25) is 5.91 Å². The molecule has 94 valence electrons. The van der Waals surface area contributed by atoms with Crippen LogP contribution in [0.2, 0.25) is 0 Å². The minimum absolute atomic E-state index is 0.0262. The molecule has 0 bridgehead atoms. The molecular weight excluding hydrogens is 228 g/mol. The van der Waals surface area contributed by atoms with Crippen LogP contribution in [0.5, 0.6) is 0 Å². The Bertz CT molecular complexity index is 261. The third-order valence-corrected chi connectivity index (χ3v) is 2.91. The molecule has 0 aromatic carbocycles. The summed E-state index contributed by atoms with van der Waals surface area (Å²) in [6.07, 6.45) is 0.158. The highest BCUT2D eigenvalue weighted by molar-refractivity contribution is 6.19. The highest BCUT2D eigenvalue weighted by Crippen LogP contribution is 2.22. The smallest absolute Gasteiger partial charge is 0.324 e. The molecule has 1 N–H and O–H groups in total. The molecule has 0 aliphatic heterocycles. The standard InChI is InChI=1S/C11H21ClN2O2/c1-8(11(2,3)4)14(5)10(16)13-9(15)6-7-12/h8H,6-7H2,1-5H3,(H,13,15,16). The molecule has 16 heavy (non-hydrogen) atoms. The van der Waals surface area contributed by atoms with Crippen LogP contribution in [0.25, 0.3) is 0 Å². The van der Waals surface area contributed by atoms with Crippen LogP contribution in [-0.2, 0) is 4.79 Å². The Balaban J connectivity index is 4.34.